The van der Waals surface area contributed by atoms with Crippen LogP contribution < -0.4 is 4.74 Å². The molecule has 0 aromatic heterocycles. The molecule has 0 spiro atoms. The van der Waals surface area contributed by atoms with Crippen LogP contribution in [0.1, 0.15) is 12.0 Å². The van der Waals surface area contributed by atoms with Crippen LogP contribution in [-0.2, 0) is 0 Å². The Morgan fingerprint density at radius 3 is 2.10 bits per heavy atom. The Balaban J connectivity index is 2.05. The minimum absolute atomic E-state index is 0.147. The summed E-state index contributed by atoms with van der Waals surface area (Å²) in [4.78, 5) is 2.48. The van der Waals surface area contributed by atoms with Gasteiger partial charge in [-0.15, -0.1) is 22.1 Å². The second kappa shape index (κ2) is 7.51. The van der Waals surface area contributed by atoms with E-state index in [2.05, 4.69) is 49.2 Å². The zero-order valence-electron chi connectivity index (χ0n) is 11.6. The molecule has 0 bridgehead atoms. The Bertz CT molecular complexity index is 561. The molecule has 2 rings (SSSR count). The molecule has 2 aromatic rings. The van der Waals surface area contributed by atoms with Crippen LogP contribution in [0.3, 0.4) is 0 Å². The Hall–Kier alpha value is -1.25. The lowest BCUT2D eigenvalue weighted by atomic mass is 10.2. The van der Waals surface area contributed by atoms with Crippen LogP contribution in [0, 0.1) is 6.92 Å². The van der Waals surface area contributed by atoms with E-state index in [1.807, 2.05) is 12.1 Å². The van der Waals surface area contributed by atoms with Gasteiger partial charge in [-0.05, 0) is 49.7 Å². The summed E-state index contributed by atoms with van der Waals surface area (Å²) < 4.78 is 5.60. The van der Waals surface area contributed by atoms with Gasteiger partial charge in [-0.1, -0.05) is 23.6 Å². The van der Waals surface area contributed by atoms with Crippen molar-refractivity contribution in [1.82, 2.24) is 0 Å². The van der Waals surface area contributed by atoms with Gasteiger partial charge in [-0.25, -0.2) is 0 Å². The normalized spacial score (nSPS) is 12.1. The SMILES string of the molecule is C=S(c1ccc(C)cc1)c1ccc(OCCCCl)cc1. The molecule has 0 radical (unpaired) electrons. The van der Waals surface area contributed by atoms with Gasteiger partial charge in [0.15, 0.2) is 0 Å². The summed E-state index contributed by atoms with van der Waals surface area (Å²) in [5.41, 5.74) is 1.27. The first kappa shape index (κ1) is 15.1. The number of hydrogen-bond acceptors (Lipinski definition) is 1. The topological polar surface area (TPSA) is 9.23 Å². The molecule has 0 saturated heterocycles. The molecule has 20 heavy (non-hydrogen) atoms. The number of rotatable bonds is 6. The second-order valence-electron chi connectivity index (χ2n) is 4.57. The molecule has 0 saturated carbocycles. The van der Waals surface area contributed by atoms with E-state index in [1.54, 1.807) is 0 Å². The monoisotopic (exact) mass is 306 g/mol. The molecule has 2 aromatic carbocycles. The van der Waals surface area contributed by atoms with Crippen LogP contribution in [-0.4, -0.2) is 18.4 Å². The molecule has 1 atom stereocenters. The third-order valence-corrected chi connectivity index (χ3v) is 4.91. The standard InChI is InChI=1S/C17H19ClOS/c1-14-4-8-16(9-5-14)20(2)17-10-6-15(7-11-17)19-13-3-12-18/h4-11H,2-3,12-13H2,1H3. The van der Waals surface area contributed by atoms with Crippen molar-refractivity contribution in [3.63, 3.8) is 0 Å². The number of hydrogen-bond donors (Lipinski definition) is 0. The number of halogens is 1. The lowest BCUT2D eigenvalue weighted by Crippen LogP contribution is -1.97. The molecule has 0 amide bonds. The highest BCUT2D eigenvalue weighted by atomic mass is 35.5. The van der Waals surface area contributed by atoms with Gasteiger partial charge >= 0.3 is 0 Å². The summed E-state index contributed by atoms with van der Waals surface area (Å²) in [6, 6.07) is 16.7. The summed E-state index contributed by atoms with van der Waals surface area (Å²) in [5.74, 6) is 5.80. The first-order valence-electron chi connectivity index (χ1n) is 6.60. The van der Waals surface area contributed by atoms with E-state index in [0.29, 0.717) is 12.5 Å². The fourth-order valence-corrected chi connectivity index (χ4v) is 3.09. The summed E-state index contributed by atoms with van der Waals surface area (Å²) in [6.45, 7) is 2.76. The van der Waals surface area contributed by atoms with Crippen molar-refractivity contribution >= 4 is 28.0 Å². The van der Waals surface area contributed by atoms with Gasteiger partial charge < -0.3 is 4.74 Å². The maximum atomic E-state index is 5.63. The summed E-state index contributed by atoms with van der Waals surface area (Å²) in [6.07, 6.45) is 0.867. The largest absolute Gasteiger partial charge is 0.494 e. The minimum atomic E-state index is -0.147. The van der Waals surface area contributed by atoms with Crippen molar-refractivity contribution in [2.24, 2.45) is 0 Å². The smallest absolute Gasteiger partial charge is 0.119 e. The molecule has 106 valence electrons. The van der Waals surface area contributed by atoms with Gasteiger partial charge in [0, 0.05) is 15.7 Å². The van der Waals surface area contributed by atoms with Gasteiger partial charge in [0.1, 0.15) is 5.75 Å². The molecule has 0 aliphatic rings. The Morgan fingerprint density at radius 1 is 1.00 bits per heavy atom. The highest BCUT2D eigenvalue weighted by molar-refractivity contribution is 8.14. The van der Waals surface area contributed by atoms with Crippen LogP contribution in [0.2, 0.25) is 0 Å². The minimum Gasteiger partial charge on any atom is -0.494 e. The van der Waals surface area contributed by atoms with Crippen molar-refractivity contribution < 1.29 is 4.74 Å². The van der Waals surface area contributed by atoms with E-state index >= 15 is 0 Å². The Labute approximate surface area is 128 Å². The fraction of sp³-hybridized carbons (Fsp3) is 0.235. The third-order valence-electron chi connectivity index (χ3n) is 2.96. The van der Waals surface area contributed by atoms with Crippen LogP contribution in [0.25, 0.3) is 0 Å². The van der Waals surface area contributed by atoms with E-state index in [-0.39, 0.29) is 10.5 Å². The molecule has 1 unspecified atom stereocenters. The highest BCUT2D eigenvalue weighted by Crippen LogP contribution is 2.34. The van der Waals surface area contributed by atoms with Crippen LogP contribution in [0.15, 0.2) is 58.3 Å². The molecule has 0 aliphatic heterocycles. The van der Waals surface area contributed by atoms with Crippen molar-refractivity contribution in [1.29, 1.82) is 0 Å². The van der Waals surface area contributed by atoms with Gasteiger partial charge in [-0.2, -0.15) is 0 Å². The lowest BCUT2D eigenvalue weighted by molar-refractivity contribution is 0.318. The first-order valence-corrected chi connectivity index (χ1v) is 8.53. The summed E-state index contributed by atoms with van der Waals surface area (Å²) in [7, 11) is -0.147. The van der Waals surface area contributed by atoms with E-state index in [9.17, 15) is 0 Å². The van der Waals surface area contributed by atoms with E-state index in [4.69, 9.17) is 16.3 Å². The molecular formula is C17H19ClOS. The van der Waals surface area contributed by atoms with E-state index in [0.717, 1.165) is 12.2 Å². The van der Waals surface area contributed by atoms with Gasteiger partial charge in [-0.3, -0.25) is 0 Å². The van der Waals surface area contributed by atoms with Crippen LogP contribution in [0.5, 0.6) is 5.75 Å². The van der Waals surface area contributed by atoms with E-state index < -0.39 is 0 Å². The molecule has 3 heteroatoms. The van der Waals surface area contributed by atoms with Crippen molar-refractivity contribution in [2.75, 3.05) is 12.5 Å². The summed E-state index contributed by atoms with van der Waals surface area (Å²) >= 11 is 5.63. The molecule has 0 aliphatic carbocycles. The van der Waals surface area contributed by atoms with E-state index in [1.165, 1.54) is 15.4 Å². The zero-order valence-corrected chi connectivity index (χ0v) is 13.2. The third kappa shape index (κ3) is 4.12. The van der Waals surface area contributed by atoms with Gasteiger partial charge in [0.25, 0.3) is 0 Å². The maximum Gasteiger partial charge on any atom is 0.119 e. The average molecular weight is 307 g/mol. The first-order chi connectivity index (χ1) is 9.70. The highest BCUT2D eigenvalue weighted by Gasteiger charge is 2.01. The predicted octanol–water partition coefficient (Wildman–Crippen LogP) is 5.12. The maximum absolute atomic E-state index is 5.63. The fourth-order valence-electron chi connectivity index (χ4n) is 1.78. The van der Waals surface area contributed by atoms with Crippen molar-refractivity contribution in [3.8, 4) is 5.75 Å². The molecule has 0 fully saturated rings. The summed E-state index contributed by atoms with van der Waals surface area (Å²) in [5, 5.41) is 0. The number of ether oxygens (including phenoxy) is 1. The van der Waals surface area contributed by atoms with Gasteiger partial charge in [0.2, 0.25) is 0 Å². The number of alkyl halides is 1. The molecule has 0 N–H and O–H groups in total. The number of benzene rings is 2. The van der Waals surface area contributed by atoms with Crippen LogP contribution >= 0.6 is 22.1 Å². The Kier molecular flexibility index (Phi) is 5.69. The second-order valence-corrected chi connectivity index (χ2v) is 6.67. The molecular weight excluding hydrogens is 288 g/mol. The quantitative estimate of drug-likeness (QED) is 0.409. The van der Waals surface area contributed by atoms with Crippen LogP contribution in [0.4, 0.5) is 0 Å². The molecule has 1 nitrogen and oxygen atoms in total. The zero-order chi connectivity index (χ0) is 14.4. The predicted molar refractivity (Wildman–Crippen MR) is 89.7 cm³/mol. The lowest BCUT2D eigenvalue weighted by Gasteiger charge is -2.10. The van der Waals surface area contributed by atoms with Crippen molar-refractivity contribution in [3.05, 3.63) is 54.1 Å². The average Bonchev–Trinajstić information content (AvgIpc) is 2.48. The number of aryl methyl sites for hydroxylation is 1. The Morgan fingerprint density at radius 2 is 1.55 bits per heavy atom. The van der Waals surface area contributed by atoms with Gasteiger partial charge in [0.05, 0.1) is 6.61 Å². The molecule has 0 heterocycles. The van der Waals surface area contributed by atoms with Crippen molar-refractivity contribution in [2.45, 2.75) is 23.1 Å².